The van der Waals surface area contributed by atoms with Crippen molar-refractivity contribution in [3.05, 3.63) is 35.9 Å². The van der Waals surface area contributed by atoms with Gasteiger partial charge in [-0.2, -0.15) is 0 Å². The summed E-state index contributed by atoms with van der Waals surface area (Å²) >= 11 is 0. The lowest BCUT2D eigenvalue weighted by Gasteiger charge is -2.12. The van der Waals surface area contributed by atoms with Gasteiger partial charge in [-0.1, -0.05) is 24.3 Å². The van der Waals surface area contributed by atoms with Gasteiger partial charge in [-0.15, -0.1) is 0 Å². The summed E-state index contributed by atoms with van der Waals surface area (Å²) in [4.78, 5) is 0. The first-order chi connectivity index (χ1) is 8.13. The lowest BCUT2D eigenvalue weighted by Crippen LogP contribution is -2.17. The molecule has 0 saturated heterocycles. The normalized spacial score (nSPS) is 12.6. The third-order valence-corrected chi connectivity index (χ3v) is 2.84. The van der Waals surface area contributed by atoms with Gasteiger partial charge in [-0.3, -0.25) is 0 Å². The molecule has 0 bridgehead atoms. The minimum Gasteiger partial charge on any atom is -0.507 e. The number of nitrogens with two attached hydrogens (primary N) is 1. The van der Waals surface area contributed by atoms with Crippen molar-refractivity contribution in [2.24, 2.45) is 5.73 Å². The predicted octanol–water partition coefficient (Wildman–Crippen LogP) is 2.44. The molecular weight excluding hydrogens is 214 g/mol. The molecule has 2 aromatic rings. The van der Waals surface area contributed by atoms with Crippen LogP contribution in [-0.4, -0.2) is 18.3 Å². The molecule has 0 aliphatic rings. The summed E-state index contributed by atoms with van der Waals surface area (Å²) in [6.45, 7) is 1.93. The number of benzene rings is 2. The van der Waals surface area contributed by atoms with Crippen LogP contribution in [0, 0.1) is 0 Å². The van der Waals surface area contributed by atoms with Gasteiger partial charge >= 0.3 is 0 Å². The molecule has 0 aromatic heterocycles. The Labute approximate surface area is 101 Å². The minimum absolute atomic E-state index is 0.0314. The lowest BCUT2D eigenvalue weighted by atomic mass is 10.0. The highest BCUT2D eigenvalue weighted by Gasteiger charge is 2.10. The van der Waals surface area contributed by atoms with Crippen LogP contribution in [0.25, 0.3) is 10.8 Å². The molecule has 3 heteroatoms. The van der Waals surface area contributed by atoms with Crippen LogP contribution in [0.4, 0.5) is 0 Å². The molecule has 1 atom stereocenters. The average molecular weight is 231 g/mol. The SMILES string of the molecule is COc1cccc2c(O)c(CC(C)N)ccc12. The van der Waals surface area contributed by atoms with E-state index in [9.17, 15) is 5.11 Å². The van der Waals surface area contributed by atoms with Gasteiger partial charge in [0.05, 0.1) is 7.11 Å². The van der Waals surface area contributed by atoms with E-state index in [1.54, 1.807) is 7.11 Å². The Hall–Kier alpha value is -1.74. The van der Waals surface area contributed by atoms with Crippen LogP contribution in [0.5, 0.6) is 11.5 Å². The Kier molecular flexibility index (Phi) is 3.20. The van der Waals surface area contributed by atoms with Gasteiger partial charge in [0.15, 0.2) is 0 Å². The molecule has 0 fully saturated rings. The van der Waals surface area contributed by atoms with Crippen molar-refractivity contribution in [1.82, 2.24) is 0 Å². The molecule has 0 heterocycles. The highest BCUT2D eigenvalue weighted by molar-refractivity contribution is 5.93. The van der Waals surface area contributed by atoms with Crippen LogP contribution < -0.4 is 10.5 Å². The number of methoxy groups -OCH3 is 1. The van der Waals surface area contributed by atoms with Crippen molar-refractivity contribution in [3.8, 4) is 11.5 Å². The zero-order valence-electron chi connectivity index (χ0n) is 10.1. The fourth-order valence-electron chi connectivity index (χ4n) is 2.05. The van der Waals surface area contributed by atoms with Crippen LogP contribution >= 0.6 is 0 Å². The Morgan fingerprint density at radius 1 is 1.24 bits per heavy atom. The van der Waals surface area contributed by atoms with E-state index >= 15 is 0 Å². The Bertz CT molecular complexity index is 535. The quantitative estimate of drug-likeness (QED) is 0.853. The van der Waals surface area contributed by atoms with E-state index in [0.717, 1.165) is 22.1 Å². The van der Waals surface area contributed by atoms with Gasteiger partial charge in [0, 0.05) is 16.8 Å². The second kappa shape index (κ2) is 4.63. The van der Waals surface area contributed by atoms with Crippen molar-refractivity contribution in [1.29, 1.82) is 0 Å². The summed E-state index contributed by atoms with van der Waals surface area (Å²) in [6.07, 6.45) is 0.666. The van der Waals surface area contributed by atoms with Gasteiger partial charge in [0.1, 0.15) is 11.5 Å². The molecule has 0 spiro atoms. The number of rotatable bonds is 3. The van der Waals surface area contributed by atoms with Gasteiger partial charge in [0.25, 0.3) is 0 Å². The number of phenolic OH excluding ortho intramolecular Hbond substituents is 1. The van der Waals surface area contributed by atoms with Crippen molar-refractivity contribution in [2.45, 2.75) is 19.4 Å². The second-order valence-electron chi connectivity index (χ2n) is 4.31. The molecule has 0 aliphatic carbocycles. The number of fused-ring (bicyclic) bond motifs is 1. The van der Waals surface area contributed by atoms with E-state index in [2.05, 4.69) is 0 Å². The van der Waals surface area contributed by atoms with Gasteiger partial charge in [-0.25, -0.2) is 0 Å². The maximum atomic E-state index is 10.2. The molecule has 0 amide bonds. The summed E-state index contributed by atoms with van der Waals surface area (Å²) in [7, 11) is 1.63. The van der Waals surface area contributed by atoms with Crippen LogP contribution in [0.15, 0.2) is 30.3 Å². The summed E-state index contributed by atoms with van der Waals surface area (Å²) in [6, 6.07) is 9.54. The maximum absolute atomic E-state index is 10.2. The van der Waals surface area contributed by atoms with Gasteiger partial charge in [-0.05, 0) is 25.0 Å². The Balaban J connectivity index is 2.60. The monoisotopic (exact) mass is 231 g/mol. The first kappa shape index (κ1) is 11.7. The average Bonchev–Trinajstić information content (AvgIpc) is 2.31. The largest absolute Gasteiger partial charge is 0.507 e. The van der Waals surface area contributed by atoms with E-state index < -0.39 is 0 Å². The summed E-state index contributed by atoms with van der Waals surface area (Å²) in [5.41, 5.74) is 6.63. The topological polar surface area (TPSA) is 55.5 Å². The van der Waals surface area contributed by atoms with Crippen molar-refractivity contribution in [2.75, 3.05) is 7.11 Å². The number of phenols is 1. The Morgan fingerprint density at radius 2 is 2.00 bits per heavy atom. The minimum atomic E-state index is 0.0314. The molecule has 0 aliphatic heterocycles. The van der Waals surface area contributed by atoms with E-state index in [1.165, 1.54) is 0 Å². The molecule has 1 unspecified atom stereocenters. The van der Waals surface area contributed by atoms with Crippen molar-refractivity contribution in [3.63, 3.8) is 0 Å². The third kappa shape index (κ3) is 2.19. The molecular formula is C14H17NO2. The smallest absolute Gasteiger partial charge is 0.126 e. The zero-order valence-corrected chi connectivity index (χ0v) is 10.1. The van der Waals surface area contributed by atoms with Crippen LogP contribution in [0.3, 0.4) is 0 Å². The molecule has 17 heavy (non-hydrogen) atoms. The predicted molar refractivity (Wildman–Crippen MR) is 69.5 cm³/mol. The van der Waals surface area contributed by atoms with E-state index in [-0.39, 0.29) is 6.04 Å². The van der Waals surface area contributed by atoms with Crippen molar-refractivity contribution < 1.29 is 9.84 Å². The summed E-state index contributed by atoms with van der Waals surface area (Å²) < 4.78 is 5.27. The number of hydrogen-bond acceptors (Lipinski definition) is 3. The fraction of sp³-hybridized carbons (Fsp3) is 0.286. The fourth-order valence-corrected chi connectivity index (χ4v) is 2.05. The first-order valence-corrected chi connectivity index (χ1v) is 5.66. The van der Waals surface area contributed by atoms with Crippen LogP contribution in [0.1, 0.15) is 12.5 Å². The highest BCUT2D eigenvalue weighted by atomic mass is 16.5. The third-order valence-electron chi connectivity index (χ3n) is 2.84. The molecule has 90 valence electrons. The summed E-state index contributed by atoms with van der Waals surface area (Å²) in [5.74, 6) is 1.07. The first-order valence-electron chi connectivity index (χ1n) is 5.66. The number of ether oxygens (including phenoxy) is 1. The van der Waals surface area contributed by atoms with E-state index in [1.807, 2.05) is 37.3 Å². The van der Waals surface area contributed by atoms with E-state index in [4.69, 9.17) is 10.5 Å². The maximum Gasteiger partial charge on any atom is 0.126 e. The highest BCUT2D eigenvalue weighted by Crippen LogP contribution is 2.34. The van der Waals surface area contributed by atoms with Gasteiger partial charge < -0.3 is 15.6 Å². The summed E-state index contributed by atoms with van der Waals surface area (Å²) in [5, 5.41) is 11.9. The molecule has 3 nitrogen and oxygen atoms in total. The number of hydrogen-bond donors (Lipinski definition) is 2. The second-order valence-corrected chi connectivity index (χ2v) is 4.31. The lowest BCUT2D eigenvalue weighted by molar-refractivity contribution is 0.419. The van der Waals surface area contributed by atoms with Crippen LogP contribution in [-0.2, 0) is 6.42 Å². The molecule has 2 aromatic carbocycles. The van der Waals surface area contributed by atoms with E-state index in [0.29, 0.717) is 12.2 Å². The molecule has 3 N–H and O–H groups in total. The zero-order chi connectivity index (χ0) is 12.4. The molecule has 2 rings (SSSR count). The number of aromatic hydroxyl groups is 1. The van der Waals surface area contributed by atoms with Gasteiger partial charge in [0.2, 0.25) is 0 Å². The standard InChI is InChI=1S/C14H17NO2/c1-9(15)8-10-6-7-11-12(14(10)16)4-3-5-13(11)17-2/h3-7,9,16H,8,15H2,1-2H3. The van der Waals surface area contributed by atoms with Crippen molar-refractivity contribution >= 4 is 10.8 Å². The molecule has 0 radical (unpaired) electrons. The molecule has 0 saturated carbocycles. The Morgan fingerprint density at radius 3 is 2.65 bits per heavy atom. The van der Waals surface area contributed by atoms with Crippen LogP contribution in [0.2, 0.25) is 0 Å².